The number of hydrogen-bond donors (Lipinski definition) is 1. The SMILES string of the molecule is C#CC/C=C(\CC)C(=C)C(C)/C=C\C=C(/C)NC. The number of rotatable bonds is 7. The van der Waals surface area contributed by atoms with Crippen molar-refractivity contribution in [1.82, 2.24) is 5.32 Å². The largest absolute Gasteiger partial charge is 0.392 e. The summed E-state index contributed by atoms with van der Waals surface area (Å²) in [4.78, 5) is 0. The second-order valence-electron chi connectivity index (χ2n) is 4.29. The van der Waals surface area contributed by atoms with Gasteiger partial charge in [-0.15, -0.1) is 12.3 Å². The molecule has 0 bridgehead atoms. The molecule has 1 N–H and O–H groups in total. The zero-order valence-electron chi connectivity index (χ0n) is 12.1. The molecule has 1 unspecified atom stereocenters. The van der Waals surface area contributed by atoms with Gasteiger partial charge in [0.25, 0.3) is 0 Å². The van der Waals surface area contributed by atoms with Gasteiger partial charge in [-0.3, -0.25) is 0 Å². The van der Waals surface area contributed by atoms with Gasteiger partial charge in [-0.25, -0.2) is 0 Å². The van der Waals surface area contributed by atoms with E-state index in [4.69, 9.17) is 6.42 Å². The fraction of sp³-hybridized carbons (Fsp3) is 0.412. The van der Waals surface area contributed by atoms with Crippen molar-refractivity contribution in [2.75, 3.05) is 7.05 Å². The van der Waals surface area contributed by atoms with Crippen molar-refractivity contribution in [2.45, 2.75) is 33.6 Å². The van der Waals surface area contributed by atoms with Crippen LogP contribution >= 0.6 is 0 Å². The maximum atomic E-state index is 5.28. The van der Waals surface area contributed by atoms with E-state index in [9.17, 15) is 0 Å². The van der Waals surface area contributed by atoms with Crippen LogP contribution < -0.4 is 5.32 Å². The molecule has 0 fully saturated rings. The van der Waals surface area contributed by atoms with E-state index in [1.807, 2.05) is 14.0 Å². The van der Waals surface area contributed by atoms with Crippen molar-refractivity contribution in [3.8, 4) is 12.3 Å². The first-order chi connectivity index (χ1) is 8.56. The van der Waals surface area contributed by atoms with Gasteiger partial charge in [0, 0.05) is 19.2 Å². The average molecular weight is 243 g/mol. The smallest absolute Gasteiger partial charge is 0.0272 e. The van der Waals surface area contributed by atoms with E-state index in [-0.39, 0.29) is 0 Å². The summed E-state index contributed by atoms with van der Waals surface area (Å²) in [5.41, 5.74) is 3.56. The number of terminal acetylenes is 1. The molecule has 0 saturated carbocycles. The van der Waals surface area contributed by atoms with Crippen LogP contribution in [0.3, 0.4) is 0 Å². The highest BCUT2D eigenvalue weighted by Crippen LogP contribution is 2.22. The summed E-state index contributed by atoms with van der Waals surface area (Å²) in [6.45, 7) is 10.5. The second kappa shape index (κ2) is 9.36. The Bertz CT molecular complexity index is 388. The van der Waals surface area contributed by atoms with Gasteiger partial charge in [-0.2, -0.15) is 0 Å². The van der Waals surface area contributed by atoms with Crippen molar-refractivity contribution in [3.63, 3.8) is 0 Å². The molecule has 0 aliphatic carbocycles. The maximum absolute atomic E-state index is 5.28. The molecule has 0 spiro atoms. The number of allylic oxidation sites excluding steroid dienone is 7. The third-order valence-electron chi connectivity index (χ3n) is 2.95. The number of nitrogens with one attached hydrogen (secondary N) is 1. The van der Waals surface area contributed by atoms with Crippen molar-refractivity contribution in [3.05, 3.63) is 47.7 Å². The quantitative estimate of drug-likeness (QED) is 0.521. The summed E-state index contributed by atoms with van der Waals surface area (Å²) in [6.07, 6.45) is 15.3. The Hall–Kier alpha value is -1.68. The molecule has 0 aromatic rings. The van der Waals surface area contributed by atoms with E-state index in [0.717, 1.165) is 17.7 Å². The Balaban J connectivity index is 4.64. The Morgan fingerprint density at radius 2 is 2.17 bits per heavy atom. The summed E-state index contributed by atoms with van der Waals surface area (Å²) in [5, 5.41) is 3.08. The highest BCUT2D eigenvalue weighted by Gasteiger charge is 2.06. The molecule has 0 aromatic heterocycles. The molecule has 0 rings (SSSR count). The highest BCUT2D eigenvalue weighted by atomic mass is 14.8. The van der Waals surface area contributed by atoms with Crippen LogP contribution in [0.25, 0.3) is 0 Å². The first-order valence-corrected chi connectivity index (χ1v) is 6.41. The van der Waals surface area contributed by atoms with Crippen LogP contribution in [-0.2, 0) is 0 Å². The van der Waals surface area contributed by atoms with Gasteiger partial charge in [0.1, 0.15) is 0 Å². The van der Waals surface area contributed by atoms with Crippen molar-refractivity contribution < 1.29 is 0 Å². The van der Waals surface area contributed by atoms with E-state index >= 15 is 0 Å². The van der Waals surface area contributed by atoms with Gasteiger partial charge >= 0.3 is 0 Å². The van der Waals surface area contributed by atoms with Crippen LogP contribution in [0.1, 0.15) is 33.6 Å². The molecular weight excluding hydrogens is 218 g/mol. The van der Waals surface area contributed by atoms with Crippen LogP contribution in [0, 0.1) is 18.3 Å². The van der Waals surface area contributed by atoms with Gasteiger partial charge in [0.15, 0.2) is 0 Å². The third kappa shape index (κ3) is 6.15. The number of hydrogen-bond acceptors (Lipinski definition) is 1. The average Bonchev–Trinajstić information content (AvgIpc) is 2.38. The molecule has 1 atom stereocenters. The first kappa shape index (κ1) is 16.3. The Morgan fingerprint density at radius 1 is 1.50 bits per heavy atom. The minimum atomic E-state index is 0.329. The lowest BCUT2D eigenvalue weighted by molar-refractivity contribution is 0.854. The van der Waals surface area contributed by atoms with E-state index in [1.54, 1.807) is 0 Å². The molecule has 0 heterocycles. The van der Waals surface area contributed by atoms with Gasteiger partial charge in [0.05, 0.1) is 0 Å². The van der Waals surface area contributed by atoms with E-state index in [0.29, 0.717) is 12.3 Å². The van der Waals surface area contributed by atoms with Gasteiger partial charge in [0.2, 0.25) is 0 Å². The fourth-order valence-corrected chi connectivity index (χ4v) is 1.54. The Morgan fingerprint density at radius 3 is 2.67 bits per heavy atom. The zero-order chi connectivity index (χ0) is 14.0. The lowest BCUT2D eigenvalue weighted by Gasteiger charge is -2.13. The van der Waals surface area contributed by atoms with E-state index < -0.39 is 0 Å². The first-order valence-electron chi connectivity index (χ1n) is 6.41. The standard InChI is InChI=1S/C17H25N/c1-7-9-13-17(8-2)16(5)14(3)11-10-12-15(4)18-6/h1,10-14,18H,5,8-9H2,2-4,6H3/b11-10-,15-12+,17-13+. The van der Waals surface area contributed by atoms with E-state index in [2.05, 4.69) is 56.0 Å². The minimum absolute atomic E-state index is 0.329. The highest BCUT2D eigenvalue weighted by molar-refractivity contribution is 5.33. The lowest BCUT2D eigenvalue weighted by atomic mass is 9.92. The monoisotopic (exact) mass is 243 g/mol. The lowest BCUT2D eigenvalue weighted by Crippen LogP contribution is -2.01. The summed E-state index contributed by atoms with van der Waals surface area (Å²) >= 11 is 0. The van der Waals surface area contributed by atoms with Crippen molar-refractivity contribution >= 4 is 0 Å². The molecule has 98 valence electrons. The maximum Gasteiger partial charge on any atom is 0.0272 e. The van der Waals surface area contributed by atoms with Crippen molar-refractivity contribution in [1.29, 1.82) is 0 Å². The molecule has 18 heavy (non-hydrogen) atoms. The third-order valence-corrected chi connectivity index (χ3v) is 2.95. The van der Waals surface area contributed by atoms with Crippen LogP contribution in [0.5, 0.6) is 0 Å². The molecule has 0 aliphatic heterocycles. The zero-order valence-corrected chi connectivity index (χ0v) is 12.1. The summed E-state index contributed by atoms with van der Waals surface area (Å²) in [5.74, 6) is 2.97. The van der Waals surface area contributed by atoms with Crippen LogP contribution in [0.15, 0.2) is 47.7 Å². The predicted octanol–water partition coefficient (Wildman–Crippen LogP) is 4.22. The Labute approximate surface area is 112 Å². The predicted molar refractivity (Wildman–Crippen MR) is 82.1 cm³/mol. The molecule has 0 amide bonds. The fourth-order valence-electron chi connectivity index (χ4n) is 1.54. The van der Waals surface area contributed by atoms with Crippen LogP contribution in [-0.4, -0.2) is 7.05 Å². The second-order valence-corrected chi connectivity index (χ2v) is 4.29. The summed E-state index contributed by atoms with van der Waals surface area (Å²) in [7, 11) is 1.92. The summed E-state index contributed by atoms with van der Waals surface area (Å²) in [6, 6.07) is 0. The minimum Gasteiger partial charge on any atom is -0.392 e. The van der Waals surface area contributed by atoms with Gasteiger partial charge in [-0.05, 0) is 36.5 Å². The van der Waals surface area contributed by atoms with Crippen molar-refractivity contribution in [2.24, 2.45) is 5.92 Å². The molecule has 0 radical (unpaired) electrons. The van der Waals surface area contributed by atoms with Gasteiger partial charge in [-0.1, -0.05) is 38.7 Å². The van der Waals surface area contributed by atoms with E-state index in [1.165, 1.54) is 5.57 Å². The van der Waals surface area contributed by atoms with Crippen LogP contribution in [0.2, 0.25) is 0 Å². The van der Waals surface area contributed by atoms with Gasteiger partial charge < -0.3 is 5.32 Å². The molecule has 0 aliphatic rings. The topological polar surface area (TPSA) is 12.0 Å². The molecular formula is C17H25N. The molecule has 1 nitrogen and oxygen atoms in total. The Kier molecular flexibility index (Phi) is 8.49. The normalized spacial score (nSPS) is 14.4. The van der Waals surface area contributed by atoms with Crippen LogP contribution in [0.4, 0.5) is 0 Å². The molecule has 0 saturated heterocycles. The summed E-state index contributed by atoms with van der Waals surface area (Å²) < 4.78 is 0. The molecule has 0 aromatic carbocycles. The molecule has 1 heteroatoms.